The van der Waals surface area contributed by atoms with Crippen molar-refractivity contribution in [2.24, 2.45) is 0 Å². The van der Waals surface area contributed by atoms with Crippen molar-refractivity contribution in [2.75, 3.05) is 4.90 Å². The predicted molar refractivity (Wildman–Crippen MR) is 236 cm³/mol. The molecule has 0 radical (unpaired) electrons. The van der Waals surface area contributed by atoms with Crippen LogP contribution in [0.4, 0.5) is 17.1 Å². The van der Waals surface area contributed by atoms with Crippen molar-refractivity contribution >= 4 is 38.9 Å². The van der Waals surface area contributed by atoms with Gasteiger partial charge in [-0.3, -0.25) is 0 Å². The quantitative estimate of drug-likeness (QED) is 0.172. The molecule has 0 saturated carbocycles. The van der Waals surface area contributed by atoms with E-state index in [9.17, 15) is 0 Å². The lowest BCUT2D eigenvalue weighted by molar-refractivity contribution is 0.660. The van der Waals surface area contributed by atoms with Gasteiger partial charge in [-0.05, 0) is 110 Å². The molecule has 2 nitrogen and oxygen atoms in total. The number of anilines is 3. The van der Waals surface area contributed by atoms with Crippen LogP contribution in [0.15, 0.2) is 182 Å². The molecular weight excluding hydrogens is 677 g/mol. The number of hydrogen-bond acceptors (Lipinski definition) is 1. The van der Waals surface area contributed by atoms with Crippen LogP contribution in [0.2, 0.25) is 0 Å². The van der Waals surface area contributed by atoms with Crippen LogP contribution in [0.3, 0.4) is 0 Å². The SMILES string of the molecule is CC1(C)c2ccccc2-c2ccc(N(c3ccc(-c4cccc5c4C(C)(C)c4ccccc4-5)cc3)c3ccc4c5ccccc5n(-c5ccccc5)c4c3)cc21. The van der Waals surface area contributed by atoms with Gasteiger partial charge in [-0.15, -0.1) is 0 Å². The molecule has 1 heterocycles. The summed E-state index contributed by atoms with van der Waals surface area (Å²) >= 11 is 0. The highest BCUT2D eigenvalue weighted by Gasteiger charge is 2.38. The highest BCUT2D eigenvalue weighted by Crippen LogP contribution is 2.53. The molecule has 56 heavy (non-hydrogen) atoms. The summed E-state index contributed by atoms with van der Waals surface area (Å²) in [5, 5.41) is 2.50. The first kappa shape index (κ1) is 32.8. The second-order valence-electron chi connectivity index (χ2n) is 16.6. The van der Waals surface area contributed by atoms with Crippen LogP contribution < -0.4 is 4.90 Å². The van der Waals surface area contributed by atoms with E-state index in [1.54, 1.807) is 0 Å². The van der Waals surface area contributed by atoms with Gasteiger partial charge in [0.05, 0.1) is 11.0 Å². The van der Waals surface area contributed by atoms with Crippen molar-refractivity contribution in [1.82, 2.24) is 4.57 Å². The van der Waals surface area contributed by atoms with Gasteiger partial charge in [0.1, 0.15) is 0 Å². The molecule has 1 aromatic heterocycles. The van der Waals surface area contributed by atoms with Crippen molar-refractivity contribution in [2.45, 2.75) is 38.5 Å². The smallest absolute Gasteiger partial charge is 0.0561 e. The molecule has 2 heteroatoms. The molecule has 0 spiro atoms. The van der Waals surface area contributed by atoms with E-state index in [1.165, 1.54) is 77.4 Å². The van der Waals surface area contributed by atoms with Crippen molar-refractivity contribution in [3.8, 4) is 39.1 Å². The van der Waals surface area contributed by atoms with Crippen LogP contribution in [-0.4, -0.2) is 4.57 Å². The van der Waals surface area contributed by atoms with E-state index in [0.717, 1.165) is 22.7 Å². The fraction of sp³-hybridized carbons (Fsp3) is 0.111. The maximum Gasteiger partial charge on any atom is 0.0561 e. The van der Waals surface area contributed by atoms with Gasteiger partial charge >= 0.3 is 0 Å². The molecule has 0 atom stereocenters. The van der Waals surface area contributed by atoms with Gasteiger partial charge in [-0.25, -0.2) is 0 Å². The lowest BCUT2D eigenvalue weighted by atomic mass is 9.79. The molecule has 11 rings (SSSR count). The third kappa shape index (κ3) is 4.62. The first-order valence-corrected chi connectivity index (χ1v) is 19.8. The van der Waals surface area contributed by atoms with Gasteiger partial charge in [-0.1, -0.05) is 155 Å². The lowest BCUT2D eigenvalue weighted by Gasteiger charge is -2.29. The third-order valence-electron chi connectivity index (χ3n) is 12.8. The molecule has 0 N–H and O–H groups in total. The van der Waals surface area contributed by atoms with Crippen LogP contribution in [0.1, 0.15) is 49.9 Å². The summed E-state index contributed by atoms with van der Waals surface area (Å²) in [4.78, 5) is 2.45. The molecule has 0 amide bonds. The van der Waals surface area contributed by atoms with E-state index < -0.39 is 0 Å². The largest absolute Gasteiger partial charge is 0.310 e. The average molecular weight is 719 g/mol. The van der Waals surface area contributed by atoms with Crippen LogP contribution in [-0.2, 0) is 10.8 Å². The van der Waals surface area contributed by atoms with Crippen molar-refractivity contribution in [3.63, 3.8) is 0 Å². The van der Waals surface area contributed by atoms with Crippen LogP contribution in [0.25, 0.3) is 60.9 Å². The van der Waals surface area contributed by atoms with E-state index in [2.05, 4.69) is 219 Å². The lowest BCUT2D eigenvalue weighted by Crippen LogP contribution is -2.17. The minimum atomic E-state index is -0.112. The van der Waals surface area contributed by atoms with Gasteiger partial charge in [0.15, 0.2) is 0 Å². The number of hydrogen-bond donors (Lipinski definition) is 0. The monoisotopic (exact) mass is 718 g/mol. The summed E-state index contributed by atoms with van der Waals surface area (Å²) in [5.41, 5.74) is 20.2. The Hall–Kier alpha value is -6.64. The Morgan fingerprint density at radius 1 is 0.375 bits per heavy atom. The molecule has 0 aliphatic heterocycles. The number of para-hydroxylation sites is 2. The Labute approximate surface area is 328 Å². The van der Waals surface area contributed by atoms with Gasteiger partial charge in [0.2, 0.25) is 0 Å². The Balaban J connectivity index is 1.10. The predicted octanol–water partition coefficient (Wildman–Crippen LogP) is 14.5. The molecule has 8 aromatic carbocycles. The highest BCUT2D eigenvalue weighted by molar-refractivity contribution is 6.10. The molecule has 2 aliphatic carbocycles. The Bertz CT molecular complexity index is 3020. The van der Waals surface area contributed by atoms with Gasteiger partial charge in [0, 0.05) is 44.4 Å². The average Bonchev–Trinajstić information content (AvgIpc) is 3.78. The summed E-state index contributed by atoms with van der Waals surface area (Å²) in [6.07, 6.45) is 0. The zero-order chi connectivity index (χ0) is 37.8. The Kier molecular flexibility index (Phi) is 6.98. The second-order valence-corrected chi connectivity index (χ2v) is 16.6. The van der Waals surface area contributed by atoms with Crippen LogP contribution >= 0.6 is 0 Å². The number of fused-ring (bicyclic) bond motifs is 9. The zero-order valence-electron chi connectivity index (χ0n) is 32.2. The van der Waals surface area contributed by atoms with Crippen molar-refractivity contribution < 1.29 is 0 Å². The molecule has 0 saturated heterocycles. The zero-order valence-corrected chi connectivity index (χ0v) is 32.2. The Morgan fingerprint density at radius 3 is 1.71 bits per heavy atom. The second kappa shape index (κ2) is 11.9. The van der Waals surface area contributed by atoms with Gasteiger partial charge < -0.3 is 9.47 Å². The van der Waals surface area contributed by atoms with Crippen molar-refractivity contribution in [1.29, 1.82) is 0 Å². The standard InChI is InChI=1S/C54H42N2/c1-53(2)47-22-11-8-17-41(47)43-31-29-38(33-49(43)53)55(39-30-32-45-44-19-10-13-24-50(44)56(51(45)34-39)36-15-6-5-7-16-36)37-27-25-35(26-28-37)40-20-14-21-46-42-18-9-12-23-48(42)54(3,4)52(40)46/h5-34H,1-4H3. The summed E-state index contributed by atoms with van der Waals surface area (Å²) < 4.78 is 2.41. The molecule has 0 bridgehead atoms. The molecule has 268 valence electrons. The highest BCUT2D eigenvalue weighted by atomic mass is 15.1. The topological polar surface area (TPSA) is 8.17 Å². The molecule has 0 unspecified atom stereocenters. The molecule has 0 fully saturated rings. The van der Waals surface area contributed by atoms with Gasteiger partial charge in [-0.2, -0.15) is 0 Å². The van der Waals surface area contributed by atoms with Crippen LogP contribution in [0.5, 0.6) is 0 Å². The molecule has 9 aromatic rings. The Morgan fingerprint density at radius 2 is 0.929 bits per heavy atom. The maximum atomic E-state index is 2.45. The molecular formula is C54H42N2. The van der Waals surface area contributed by atoms with Gasteiger partial charge in [0.25, 0.3) is 0 Å². The third-order valence-corrected chi connectivity index (χ3v) is 12.8. The summed E-state index contributed by atoms with van der Waals surface area (Å²) in [7, 11) is 0. The number of rotatable bonds is 5. The normalized spacial score (nSPS) is 14.4. The summed E-state index contributed by atoms with van der Waals surface area (Å²) in [5.74, 6) is 0. The molecule has 2 aliphatic rings. The first-order valence-electron chi connectivity index (χ1n) is 19.8. The summed E-state index contributed by atoms with van der Waals surface area (Å²) in [6.45, 7) is 9.47. The van der Waals surface area contributed by atoms with E-state index in [0.29, 0.717) is 0 Å². The minimum absolute atomic E-state index is 0.0886. The fourth-order valence-electron chi connectivity index (χ4n) is 10.1. The van der Waals surface area contributed by atoms with Crippen LogP contribution in [0, 0.1) is 0 Å². The number of nitrogens with zero attached hydrogens (tertiary/aromatic N) is 2. The van der Waals surface area contributed by atoms with E-state index in [1.807, 2.05) is 0 Å². The van der Waals surface area contributed by atoms with Crippen molar-refractivity contribution in [3.05, 3.63) is 204 Å². The fourth-order valence-corrected chi connectivity index (χ4v) is 10.1. The first-order chi connectivity index (χ1) is 27.3. The van der Waals surface area contributed by atoms with E-state index in [-0.39, 0.29) is 10.8 Å². The minimum Gasteiger partial charge on any atom is -0.310 e. The number of aromatic nitrogens is 1. The van der Waals surface area contributed by atoms with E-state index in [4.69, 9.17) is 0 Å². The summed E-state index contributed by atoms with van der Waals surface area (Å²) in [6, 6.07) is 67.5. The number of benzene rings is 8. The van der Waals surface area contributed by atoms with E-state index >= 15 is 0 Å². The maximum absolute atomic E-state index is 2.45.